The van der Waals surface area contributed by atoms with Crippen LogP contribution in [0.15, 0.2) is 52.2 Å². The van der Waals surface area contributed by atoms with Gasteiger partial charge in [-0.25, -0.2) is 18.1 Å². The van der Waals surface area contributed by atoms with Crippen molar-refractivity contribution in [1.29, 1.82) is 0 Å². The lowest BCUT2D eigenvalue weighted by atomic mass is 10.2. The first-order valence-corrected chi connectivity index (χ1v) is 9.93. The van der Waals surface area contributed by atoms with E-state index in [1.807, 2.05) is 24.4 Å². The average Bonchev–Trinajstić information content (AvgIpc) is 3.18. The van der Waals surface area contributed by atoms with E-state index in [4.69, 9.17) is 4.74 Å². The molecule has 0 bridgehead atoms. The Hall–Kier alpha value is -1.74. The summed E-state index contributed by atoms with van der Waals surface area (Å²) in [4.78, 5) is 5.01. The summed E-state index contributed by atoms with van der Waals surface area (Å²) in [5.74, 6) is 0.667. The SMILES string of the molecule is Cc1ccc(S(=O)(=O)NCc2ccc(Oc3nccs3)cc2)s1. The fourth-order valence-corrected chi connectivity index (χ4v) is 4.69. The van der Waals surface area contributed by atoms with Gasteiger partial charge in [-0.3, -0.25) is 0 Å². The summed E-state index contributed by atoms with van der Waals surface area (Å²) in [6, 6.07) is 10.6. The third kappa shape index (κ3) is 4.17. The van der Waals surface area contributed by atoms with Gasteiger partial charge in [0.2, 0.25) is 10.0 Å². The van der Waals surface area contributed by atoms with Crippen molar-refractivity contribution in [2.45, 2.75) is 17.7 Å². The van der Waals surface area contributed by atoms with Crippen LogP contribution in [0.2, 0.25) is 0 Å². The first kappa shape index (κ1) is 16.1. The zero-order valence-electron chi connectivity index (χ0n) is 12.2. The smallest absolute Gasteiger partial charge is 0.278 e. The maximum atomic E-state index is 12.2. The van der Waals surface area contributed by atoms with Crippen LogP contribution in [0, 0.1) is 6.92 Å². The summed E-state index contributed by atoms with van der Waals surface area (Å²) in [7, 11) is -3.46. The van der Waals surface area contributed by atoms with Crippen molar-refractivity contribution >= 4 is 32.7 Å². The van der Waals surface area contributed by atoms with Crippen LogP contribution in [0.1, 0.15) is 10.4 Å². The highest BCUT2D eigenvalue weighted by Gasteiger charge is 2.15. The second-order valence-electron chi connectivity index (χ2n) is 4.73. The standard InChI is InChI=1S/C15H14N2O3S3/c1-11-2-7-14(22-11)23(18,19)17-10-12-3-5-13(6-4-12)20-15-16-8-9-21-15/h2-9,17H,10H2,1H3. The van der Waals surface area contributed by atoms with Crippen molar-refractivity contribution in [3.63, 3.8) is 0 Å². The van der Waals surface area contributed by atoms with E-state index in [1.165, 1.54) is 22.7 Å². The fraction of sp³-hybridized carbons (Fsp3) is 0.133. The van der Waals surface area contributed by atoms with Gasteiger partial charge >= 0.3 is 0 Å². The second-order valence-corrected chi connectivity index (χ2v) is 8.87. The molecule has 0 fully saturated rings. The number of nitrogens with zero attached hydrogens (tertiary/aromatic N) is 1. The Kier molecular flexibility index (Phi) is 4.76. The third-order valence-electron chi connectivity index (χ3n) is 2.99. The van der Waals surface area contributed by atoms with E-state index < -0.39 is 10.0 Å². The molecule has 1 aromatic carbocycles. The maximum absolute atomic E-state index is 12.2. The summed E-state index contributed by atoms with van der Waals surface area (Å²) >= 11 is 2.67. The van der Waals surface area contributed by atoms with Gasteiger partial charge in [0.25, 0.3) is 5.19 Å². The number of rotatable bonds is 6. The molecule has 2 aromatic heterocycles. The highest BCUT2D eigenvalue weighted by Crippen LogP contribution is 2.24. The molecule has 0 atom stereocenters. The molecule has 0 saturated heterocycles. The summed E-state index contributed by atoms with van der Waals surface area (Å²) in [5, 5.41) is 2.41. The molecule has 5 nitrogen and oxygen atoms in total. The lowest BCUT2D eigenvalue weighted by Crippen LogP contribution is -2.22. The molecule has 0 unspecified atom stereocenters. The lowest BCUT2D eigenvalue weighted by molar-refractivity contribution is 0.478. The summed E-state index contributed by atoms with van der Waals surface area (Å²) in [6.45, 7) is 2.11. The van der Waals surface area contributed by atoms with E-state index >= 15 is 0 Å². The van der Waals surface area contributed by atoms with Gasteiger partial charge in [0.1, 0.15) is 9.96 Å². The number of hydrogen-bond acceptors (Lipinski definition) is 6. The van der Waals surface area contributed by atoms with Gasteiger partial charge in [-0.2, -0.15) is 0 Å². The van der Waals surface area contributed by atoms with E-state index in [9.17, 15) is 8.42 Å². The number of aryl methyl sites for hydroxylation is 1. The molecule has 3 rings (SSSR count). The van der Waals surface area contributed by atoms with Crippen LogP contribution >= 0.6 is 22.7 Å². The molecule has 0 aliphatic heterocycles. The van der Waals surface area contributed by atoms with Gasteiger partial charge in [0.15, 0.2) is 0 Å². The number of ether oxygens (including phenoxy) is 1. The van der Waals surface area contributed by atoms with E-state index in [1.54, 1.807) is 30.5 Å². The van der Waals surface area contributed by atoms with Crippen LogP contribution in [0.25, 0.3) is 0 Å². The molecule has 8 heteroatoms. The molecule has 0 saturated carbocycles. The van der Waals surface area contributed by atoms with E-state index in [2.05, 4.69) is 9.71 Å². The maximum Gasteiger partial charge on any atom is 0.278 e. The molecule has 120 valence electrons. The normalized spacial score (nSPS) is 11.5. The molecular weight excluding hydrogens is 352 g/mol. The van der Waals surface area contributed by atoms with E-state index in [-0.39, 0.29) is 6.54 Å². The Morgan fingerprint density at radius 1 is 1.17 bits per heavy atom. The minimum absolute atomic E-state index is 0.233. The Balaban J connectivity index is 1.62. The number of sulfonamides is 1. The Labute approximate surface area is 142 Å². The van der Waals surface area contributed by atoms with Crippen LogP contribution in [0.3, 0.4) is 0 Å². The molecular formula is C15H14N2O3S3. The molecule has 0 spiro atoms. The van der Waals surface area contributed by atoms with E-state index in [0.29, 0.717) is 15.2 Å². The highest BCUT2D eigenvalue weighted by molar-refractivity contribution is 7.91. The monoisotopic (exact) mass is 366 g/mol. The highest BCUT2D eigenvalue weighted by atomic mass is 32.2. The number of thiophene rings is 1. The minimum Gasteiger partial charge on any atom is -0.431 e. The summed E-state index contributed by atoms with van der Waals surface area (Å²) < 4.78 is 32.8. The predicted octanol–water partition coefficient (Wildman–Crippen LogP) is 3.78. The Morgan fingerprint density at radius 3 is 2.57 bits per heavy atom. The van der Waals surface area contributed by atoms with Crippen LogP contribution in [0.4, 0.5) is 0 Å². The summed E-state index contributed by atoms with van der Waals surface area (Å²) in [5.41, 5.74) is 0.855. The quantitative estimate of drug-likeness (QED) is 0.721. The number of benzene rings is 1. The minimum atomic E-state index is -3.46. The number of nitrogens with one attached hydrogen (secondary N) is 1. The van der Waals surface area contributed by atoms with Crippen LogP contribution in [-0.4, -0.2) is 13.4 Å². The lowest BCUT2D eigenvalue weighted by Gasteiger charge is -2.06. The molecule has 23 heavy (non-hydrogen) atoms. The van der Waals surface area contributed by atoms with Crippen molar-refractivity contribution in [1.82, 2.24) is 9.71 Å². The van der Waals surface area contributed by atoms with Gasteiger partial charge in [0.05, 0.1) is 0 Å². The van der Waals surface area contributed by atoms with Crippen molar-refractivity contribution in [3.05, 3.63) is 58.4 Å². The molecule has 0 radical (unpaired) electrons. The van der Waals surface area contributed by atoms with Gasteiger partial charge in [-0.05, 0) is 36.8 Å². The first-order valence-electron chi connectivity index (χ1n) is 6.75. The first-order chi connectivity index (χ1) is 11.0. The Bertz CT molecular complexity index is 869. The average molecular weight is 366 g/mol. The van der Waals surface area contributed by atoms with E-state index in [0.717, 1.165) is 10.4 Å². The zero-order chi connectivity index (χ0) is 16.3. The topological polar surface area (TPSA) is 68.3 Å². The van der Waals surface area contributed by atoms with Gasteiger partial charge in [-0.15, -0.1) is 11.3 Å². The van der Waals surface area contributed by atoms with Crippen molar-refractivity contribution in [2.24, 2.45) is 0 Å². The number of aromatic nitrogens is 1. The molecule has 0 amide bonds. The van der Waals surface area contributed by atoms with Crippen LogP contribution in [-0.2, 0) is 16.6 Å². The largest absolute Gasteiger partial charge is 0.431 e. The van der Waals surface area contributed by atoms with Gasteiger partial charge in [-0.1, -0.05) is 23.5 Å². The fourth-order valence-electron chi connectivity index (χ4n) is 1.84. The molecule has 0 aliphatic carbocycles. The number of hydrogen-bond donors (Lipinski definition) is 1. The molecule has 3 aromatic rings. The second kappa shape index (κ2) is 6.79. The van der Waals surface area contributed by atoms with Gasteiger partial charge < -0.3 is 4.74 Å². The summed E-state index contributed by atoms with van der Waals surface area (Å²) in [6.07, 6.45) is 1.68. The molecule has 2 heterocycles. The van der Waals surface area contributed by atoms with Gasteiger partial charge in [0, 0.05) is 23.0 Å². The molecule has 0 aliphatic rings. The van der Waals surface area contributed by atoms with Crippen molar-refractivity contribution < 1.29 is 13.2 Å². The predicted molar refractivity (Wildman–Crippen MR) is 91.7 cm³/mol. The Morgan fingerprint density at radius 2 is 1.96 bits per heavy atom. The van der Waals surface area contributed by atoms with Crippen LogP contribution in [0.5, 0.6) is 10.9 Å². The zero-order valence-corrected chi connectivity index (χ0v) is 14.7. The third-order valence-corrected chi connectivity index (χ3v) is 6.53. The number of thiazole rings is 1. The van der Waals surface area contributed by atoms with Crippen LogP contribution < -0.4 is 9.46 Å². The van der Waals surface area contributed by atoms with Crippen molar-refractivity contribution in [2.75, 3.05) is 0 Å². The molecule has 1 N–H and O–H groups in total. The van der Waals surface area contributed by atoms with Crippen molar-refractivity contribution in [3.8, 4) is 10.9 Å².